The van der Waals surface area contributed by atoms with Crippen LogP contribution in [0.15, 0.2) is 0 Å². The van der Waals surface area contributed by atoms with Crippen LogP contribution in [0.4, 0.5) is 0 Å². The molecule has 0 saturated carbocycles. The van der Waals surface area contributed by atoms with Gasteiger partial charge in [-0.15, -0.1) is 0 Å². The van der Waals surface area contributed by atoms with E-state index in [1.54, 1.807) is 0 Å². The topological polar surface area (TPSA) is 41.6 Å². The number of cyclic esters (lactones) is 1. The Labute approximate surface area is 110 Å². The van der Waals surface area contributed by atoms with Crippen LogP contribution in [0.25, 0.3) is 0 Å². The maximum Gasteiger partial charge on any atom is 0.323 e. The van der Waals surface area contributed by atoms with Crippen molar-refractivity contribution in [2.24, 2.45) is 5.92 Å². The Morgan fingerprint density at radius 1 is 1.39 bits per heavy atom. The number of piperidine rings is 1. The lowest BCUT2D eigenvalue weighted by molar-refractivity contribution is -0.143. The van der Waals surface area contributed by atoms with Gasteiger partial charge in [0.05, 0.1) is 6.61 Å². The number of hydrogen-bond donors (Lipinski definition) is 1. The van der Waals surface area contributed by atoms with Crippen molar-refractivity contribution in [2.75, 3.05) is 26.2 Å². The van der Waals surface area contributed by atoms with Gasteiger partial charge in [0.1, 0.15) is 6.04 Å². The summed E-state index contributed by atoms with van der Waals surface area (Å²) in [5.41, 5.74) is 0. The van der Waals surface area contributed by atoms with Gasteiger partial charge in [-0.05, 0) is 31.8 Å². The van der Waals surface area contributed by atoms with E-state index in [1.807, 2.05) is 0 Å². The molecule has 2 atom stereocenters. The first-order valence-electron chi connectivity index (χ1n) is 7.31. The Bertz CT molecular complexity index is 281. The van der Waals surface area contributed by atoms with E-state index in [-0.39, 0.29) is 12.0 Å². The van der Waals surface area contributed by atoms with Gasteiger partial charge in [-0.2, -0.15) is 0 Å². The predicted octanol–water partition coefficient (Wildman–Crippen LogP) is 1.40. The van der Waals surface area contributed by atoms with Gasteiger partial charge in [0.2, 0.25) is 0 Å². The lowest BCUT2D eigenvalue weighted by atomic mass is 9.99. The average molecular weight is 254 g/mol. The SMILES string of the molecule is CC(C)CNCC1CCCCN1C1CCOC1=O. The van der Waals surface area contributed by atoms with Gasteiger partial charge in [-0.25, -0.2) is 0 Å². The van der Waals surface area contributed by atoms with Crippen LogP contribution < -0.4 is 5.32 Å². The lowest BCUT2D eigenvalue weighted by Gasteiger charge is -2.38. The maximum atomic E-state index is 11.7. The number of ether oxygens (including phenoxy) is 1. The van der Waals surface area contributed by atoms with Crippen LogP contribution in [0.3, 0.4) is 0 Å². The Morgan fingerprint density at radius 2 is 2.22 bits per heavy atom. The summed E-state index contributed by atoms with van der Waals surface area (Å²) in [6.07, 6.45) is 4.57. The number of esters is 1. The molecule has 2 fully saturated rings. The second-order valence-electron chi connectivity index (χ2n) is 5.91. The average Bonchev–Trinajstić information content (AvgIpc) is 2.76. The molecule has 2 aliphatic rings. The van der Waals surface area contributed by atoms with Gasteiger partial charge in [0, 0.05) is 19.0 Å². The fraction of sp³-hybridized carbons (Fsp3) is 0.929. The minimum absolute atomic E-state index is 0.00856. The molecule has 0 radical (unpaired) electrons. The highest BCUT2D eigenvalue weighted by molar-refractivity contribution is 5.77. The van der Waals surface area contributed by atoms with Crippen LogP contribution in [0.5, 0.6) is 0 Å². The van der Waals surface area contributed by atoms with Crippen molar-refractivity contribution in [1.82, 2.24) is 10.2 Å². The number of likely N-dealkylation sites (tertiary alicyclic amines) is 1. The molecule has 0 aliphatic carbocycles. The Morgan fingerprint density at radius 3 is 2.89 bits per heavy atom. The van der Waals surface area contributed by atoms with Gasteiger partial charge >= 0.3 is 5.97 Å². The summed E-state index contributed by atoms with van der Waals surface area (Å²) in [5, 5.41) is 3.53. The molecule has 0 aromatic heterocycles. The molecule has 0 spiro atoms. The molecule has 18 heavy (non-hydrogen) atoms. The third kappa shape index (κ3) is 3.45. The molecular formula is C14H26N2O2. The van der Waals surface area contributed by atoms with Gasteiger partial charge in [0.25, 0.3) is 0 Å². The number of carbonyl (C=O) groups excluding carboxylic acids is 1. The van der Waals surface area contributed by atoms with E-state index in [4.69, 9.17) is 4.74 Å². The van der Waals surface area contributed by atoms with Crippen molar-refractivity contribution in [1.29, 1.82) is 0 Å². The summed E-state index contributed by atoms with van der Waals surface area (Å²) in [6, 6.07) is 0.532. The van der Waals surface area contributed by atoms with Crippen molar-refractivity contribution in [2.45, 2.75) is 51.6 Å². The molecule has 2 rings (SSSR count). The van der Waals surface area contributed by atoms with E-state index < -0.39 is 0 Å². The van der Waals surface area contributed by atoms with Crippen LogP contribution in [-0.4, -0.2) is 49.2 Å². The van der Waals surface area contributed by atoms with Gasteiger partial charge in [-0.1, -0.05) is 20.3 Å². The van der Waals surface area contributed by atoms with Crippen molar-refractivity contribution in [3.63, 3.8) is 0 Å². The largest absolute Gasteiger partial charge is 0.464 e. The summed E-state index contributed by atoms with van der Waals surface area (Å²) in [4.78, 5) is 14.1. The maximum absolute atomic E-state index is 11.7. The van der Waals surface area contributed by atoms with E-state index in [9.17, 15) is 4.79 Å². The molecule has 104 valence electrons. The minimum atomic E-state index is -0.00856. The summed E-state index contributed by atoms with van der Waals surface area (Å²) >= 11 is 0. The molecule has 0 bridgehead atoms. The van der Waals surface area contributed by atoms with E-state index in [0.717, 1.165) is 26.1 Å². The molecule has 1 N–H and O–H groups in total. The zero-order valence-electron chi connectivity index (χ0n) is 11.7. The molecule has 2 saturated heterocycles. The molecule has 0 aromatic rings. The van der Waals surface area contributed by atoms with Crippen LogP contribution >= 0.6 is 0 Å². The second-order valence-corrected chi connectivity index (χ2v) is 5.91. The summed E-state index contributed by atoms with van der Waals surface area (Å²) in [7, 11) is 0. The van der Waals surface area contributed by atoms with E-state index in [2.05, 4.69) is 24.1 Å². The zero-order valence-corrected chi connectivity index (χ0v) is 11.7. The second kappa shape index (κ2) is 6.53. The quantitative estimate of drug-likeness (QED) is 0.753. The summed E-state index contributed by atoms with van der Waals surface area (Å²) in [6.45, 7) is 8.15. The number of carbonyl (C=O) groups is 1. The highest BCUT2D eigenvalue weighted by Gasteiger charge is 2.37. The number of hydrogen-bond acceptors (Lipinski definition) is 4. The minimum Gasteiger partial charge on any atom is -0.464 e. The van der Waals surface area contributed by atoms with Crippen LogP contribution in [0, 0.1) is 5.92 Å². The number of rotatable bonds is 5. The molecule has 0 aromatic carbocycles. The highest BCUT2D eigenvalue weighted by atomic mass is 16.5. The zero-order chi connectivity index (χ0) is 13.0. The van der Waals surface area contributed by atoms with Crippen LogP contribution in [-0.2, 0) is 9.53 Å². The van der Waals surface area contributed by atoms with Crippen molar-refractivity contribution < 1.29 is 9.53 Å². The lowest BCUT2D eigenvalue weighted by Crippen LogP contribution is -2.52. The molecule has 0 amide bonds. The fourth-order valence-electron chi connectivity index (χ4n) is 2.98. The molecule has 2 heterocycles. The van der Waals surface area contributed by atoms with Crippen LogP contribution in [0.1, 0.15) is 39.5 Å². The third-order valence-corrected chi connectivity index (χ3v) is 3.91. The monoisotopic (exact) mass is 254 g/mol. The predicted molar refractivity (Wildman–Crippen MR) is 71.4 cm³/mol. The Hall–Kier alpha value is -0.610. The molecule has 2 aliphatic heterocycles. The highest BCUT2D eigenvalue weighted by Crippen LogP contribution is 2.24. The van der Waals surface area contributed by atoms with Crippen LogP contribution in [0.2, 0.25) is 0 Å². The van der Waals surface area contributed by atoms with E-state index in [1.165, 1.54) is 19.3 Å². The Balaban J connectivity index is 1.87. The molecule has 2 unspecified atom stereocenters. The fourth-order valence-corrected chi connectivity index (χ4v) is 2.98. The first-order valence-corrected chi connectivity index (χ1v) is 7.31. The van der Waals surface area contributed by atoms with Crippen molar-refractivity contribution in [3.05, 3.63) is 0 Å². The molecule has 4 nitrogen and oxygen atoms in total. The normalized spacial score (nSPS) is 29.8. The van der Waals surface area contributed by atoms with E-state index in [0.29, 0.717) is 18.6 Å². The summed E-state index contributed by atoms with van der Waals surface area (Å²) in [5.74, 6) is 0.671. The van der Waals surface area contributed by atoms with Crippen molar-refractivity contribution >= 4 is 5.97 Å². The first-order chi connectivity index (χ1) is 8.68. The standard InChI is InChI=1S/C14H26N2O2/c1-11(2)9-15-10-12-5-3-4-7-16(12)13-6-8-18-14(13)17/h11-13,15H,3-10H2,1-2H3. The Kier molecular flexibility index (Phi) is 5.01. The third-order valence-electron chi connectivity index (χ3n) is 3.91. The molecular weight excluding hydrogens is 228 g/mol. The van der Waals surface area contributed by atoms with Gasteiger partial charge in [-0.3, -0.25) is 9.69 Å². The van der Waals surface area contributed by atoms with E-state index >= 15 is 0 Å². The van der Waals surface area contributed by atoms with Gasteiger partial charge < -0.3 is 10.1 Å². The number of nitrogens with zero attached hydrogens (tertiary/aromatic N) is 1. The van der Waals surface area contributed by atoms with Gasteiger partial charge in [0.15, 0.2) is 0 Å². The molecule has 4 heteroatoms. The van der Waals surface area contributed by atoms with Crippen molar-refractivity contribution in [3.8, 4) is 0 Å². The summed E-state index contributed by atoms with van der Waals surface area (Å²) < 4.78 is 5.11. The smallest absolute Gasteiger partial charge is 0.323 e. The first kappa shape index (κ1) is 13.8. The number of nitrogens with one attached hydrogen (secondary N) is 1.